The zero-order valence-electron chi connectivity index (χ0n) is 18.2. The van der Waals surface area contributed by atoms with E-state index in [0.29, 0.717) is 22.3 Å². The predicted octanol–water partition coefficient (Wildman–Crippen LogP) is 7.16. The highest BCUT2D eigenvalue weighted by Gasteiger charge is 2.16. The van der Waals surface area contributed by atoms with E-state index in [1.807, 2.05) is 74.5 Å². The Balaban J connectivity index is 1.72. The second kappa shape index (κ2) is 9.54. The van der Waals surface area contributed by atoms with Gasteiger partial charge in [-0.3, -0.25) is 4.79 Å². The maximum atomic E-state index is 12.9. The van der Waals surface area contributed by atoms with Gasteiger partial charge in [-0.15, -0.1) is 0 Å². The Kier molecular flexibility index (Phi) is 6.55. The van der Waals surface area contributed by atoms with Crippen LogP contribution >= 0.6 is 23.2 Å². The van der Waals surface area contributed by atoms with Crippen molar-refractivity contribution < 1.29 is 4.79 Å². The molecular formula is C27H21Cl2N3O. The summed E-state index contributed by atoms with van der Waals surface area (Å²) in [5, 5.41) is 14.7. The van der Waals surface area contributed by atoms with Gasteiger partial charge in [0.25, 0.3) is 5.91 Å². The fourth-order valence-corrected chi connectivity index (χ4v) is 4.08. The Morgan fingerprint density at radius 1 is 1.06 bits per heavy atom. The van der Waals surface area contributed by atoms with Crippen LogP contribution in [0.1, 0.15) is 22.4 Å². The van der Waals surface area contributed by atoms with Gasteiger partial charge in [-0.25, -0.2) is 0 Å². The monoisotopic (exact) mass is 473 g/mol. The van der Waals surface area contributed by atoms with Gasteiger partial charge in [0.1, 0.15) is 11.6 Å². The van der Waals surface area contributed by atoms with E-state index in [1.54, 1.807) is 18.2 Å². The third-order valence-electron chi connectivity index (χ3n) is 5.62. The van der Waals surface area contributed by atoms with E-state index in [2.05, 4.69) is 9.88 Å². The number of anilines is 1. The zero-order valence-corrected chi connectivity index (χ0v) is 19.7. The van der Waals surface area contributed by atoms with E-state index < -0.39 is 5.91 Å². The molecule has 3 aromatic carbocycles. The van der Waals surface area contributed by atoms with Gasteiger partial charge >= 0.3 is 0 Å². The molecule has 4 nitrogen and oxygen atoms in total. The largest absolute Gasteiger partial charge is 0.340 e. The summed E-state index contributed by atoms with van der Waals surface area (Å²) >= 11 is 12.2. The van der Waals surface area contributed by atoms with Gasteiger partial charge in [0.05, 0.1) is 0 Å². The molecule has 0 atom stereocenters. The average molecular weight is 474 g/mol. The van der Waals surface area contributed by atoms with Gasteiger partial charge in [0, 0.05) is 44.4 Å². The van der Waals surface area contributed by atoms with Crippen LogP contribution in [0.5, 0.6) is 0 Å². The number of nitrogens with zero attached hydrogens (tertiary/aromatic N) is 2. The van der Waals surface area contributed by atoms with E-state index in [9.17, 15) is 10.1 Å². The number of hydrogen-bond acceptors (Lipinski definition) is 2. The van der Waals surface area contributed by atoms with Gasteiger partial charge in [-0.2, -0.15) is 5.26 Å². The summed E-state index contributed by atoms with van der Waals surface area (Å²) in [7, 11) is 0. The van der Waals surface area contributed by atoms with Crippen LogP contribution in [0.15, 0.2) is 72.3 Å². The van der Waals surface area contributed by atoms with Crippen molar-refractivity contribution in [3.63, 3.8) is 0 Å². The van der Waals surface area contributed by atoms with E-state index in [0.717, 1.165) is 33.3 Å². The van der Waals surface area contributed by atoms with Crippen LogP contribution in [0.4, 0.5) is 5.69 Å². The number of amides is 1. The van der Waals surface area contributed by atoms with Gasteiger partial charge in [0.15, 0.2) is 0 Å². The lowest BCUT2D eigenvalue weighted by Gasteiger charge is -2.09. The molecule has 164 valence electrons. The molecule has 0 aliphatic carbocycles. The van der Waals surface area contributed by atoms with Gasteiger partial charge < -0.3 is 9.88 Å². The summed E-state index contributed by atoms with van der Waals surface area (Å²) in [6, 6.07) is 23.0. The molecule has 1 aromatic heterocycles. The number of halogens is 2. The van der Waals surface area contributed by atoms with Gasteiger partial charge in [-0.1, -0.05) is 59.6 Å². The maximum absolute atomic E-state index is 12.9. The lowest BCUT2D eigenvalue weighted by Crippen LogP contribution is -2.13. The molecular weight excluding hydrogens is 453 g/mol. The minimum atomic E-state index is -0.480. The van der Waals surface area contributed by atoms with Crippen molar-refractivity contribution in [3.05, 3.63) is 105 Å². The van der Waals surface area contributed by atoms with E-state index in [-0.39, 0.29) is 5.57 Å². The van der Waals surface area contributed by atoms with Crippen molar-refractivity contribution in [2.45, 2.75) is 20.4 Å². The molecule has 0 saturated heterocycles. The summed E-state index contributed by atoms with van der Waals surface area (Å²) < 4.78 is 2.18. The normalized spacial score (nSPS) is 11.4. The smallest absolute Gasteiger partial charge is 0.266 e. The van der Waals surface area contributed by atoms with Crippen LogP contribution in [0.3, 0.4) is 0 Å². The first-order chi connectivity index (χ1) is 15.9. The van der Waals surface area contributed by atoms with Crippen LogP contribution in [-0.2, 0) is 11.3 Å². The summed E-state index contributed by atoms with van der Waals surface area (Å²) in [5.41, 5.74) is 5.41. The van der Waals surface area contributed by atoms with E-state index >= 15 is 0 Å². The molecule has 0 aliphatic rings. The zero-order chi connectivity index (χ0) is 23.5. The Labute approximate surface area is 202 Å². The minimum Gasteiger partial charge on any atom is -0.340 e. The van der Waals surface area contributed by atoms with Gasteiger partial charge in [-0.05, 0) is 61.4 Å². The van der Waals surface area contributed by atoms with E-state index in [1.165, 1.54) is 0 Å². The Hall–Kier alpha value is -3.52. The number of rotatable bonds is 5. The van der Waals surface area contributed by atoms with Crippen molar-refractivity contribution in [1.82, 2.24) is 4.57 Å². The predicted molar refractivity (Wildman–Crippen MR) is 136 cm³/mol. The first kappa shape index (κ1) is 22.7. The molecule has 1 amide bonds. The van der Waals surface area contributed by atoms with Crippen LogP contribution in [-0.4, -0.2) is 10.5 Å². The molecule has 4 rings (SSSR count). The Morgan fingerprint density at radius 2 is 1.79 bits per heavy atom. The lowest BCUT2D eigenvalue weighted by atomic mass is 10.1. The fraction of sp³-hybridized carbons (Fsp3) is 0.111. The average Bonchev–Trinajstić information content (AvgIpc) is 3.07. The molecule has 0 radical (unpaired) electrons. The highest BCUT2D eigenvalue weighted by molar-refractivity contribution is 6.31. The molecule has 4 aromatic rings. The standard InChI is InChI=1S/C27H21Cl2N3O/c1-17-7-12-22(14-25(17)29)31-27(33)20(15-30)13-24-18(2)32(26-6-4-3-5-23(24)26)16-19-8-10-21(28)11-9-19/h3-14H,16H2,1-2H3,(H,31,33)/b20-13-. The topological polar surface area (TPSA) is 57.8 Å². The van der Waals surface area contributed by atoms with Crippen molar-refractivity contribution in [2.24, 2.45) is 0 Å². The highest BCUT2D eigenvalue weighted by atomic mass is 35.5. The summed E-state index contributed by atoms with van der Waals surface area (Å²) in [4.78, 5) is 12.9. The first-order valence-corrected chi connectivity index (χ1v) is 11.1. The number of aromatic nitrogens is 1. The van der Waals surface area contributed by atoms with Crippen LogP contribution in [0, 0.1) is 25.2 Å². The molecule has 6 heteroatoms. The fourth-order valence-electron chi connectivity index (χ4n) is 3.78. The third kappa shape index (κ3) is 4.80. The molecule has 0 bridgehead atoms. The first-order valence-electron chi connectivity index (χ1n) is 10.4. The molecule has 0 fully saturated rings. The van der Waals surface area contributed by atoms with Crippen LogP contribution in [0.25, 0.3) is 17.0 Å². The SMILES string of the molecule is Cc1ccc(NC(=O)/C(C#N)=C\c2c(C)n(Cc3ccc(Cl)cc3)c3ccccc23)cc1Cl. The highest BCUT2D eigenvalue weighted by Crippen LogP contribution is 2.29. The molecule has 33 heavy (non-hydrogen) atoms. The Bertz CT molecular complexity index is 1430. The molecule has 0 unspecified atom stereocenters. The van der Waals surface area contributed by atoms with Crippen molar-refractivity contribution in [3.8, 4) is 6.07 Å². The lowest BCUT2D eigenvalue weighted by molar-refractivity contribution is -0.112. The van der Waals surface area contributed by atoms with Gasteiger partial charge in [0.2, 0.25) is 0 Å². The number of carbonyl (C=O) groups is 1. The number of para-hydroxylation sites is 1. The molecule has 1 heterocycles. The number of hydrogen-bond donors (Lipinski definition) is 1. The molecule has 0 saturated carbocycles. The number of fused-ring (bicyclic) bond motifs is 1. The number of nitriles is 1. The molecule has 1 N–H and O–H groups in total. The summed E-state index contributed by atoms with van der Waals surface area (Å²) in [6.07, 6.45) is 1.65. The number of carbonyl (C=O) groups excluding carboxylic acids is 1. The number of aryl methyl sites for hydroxylation is 1. The maximum Gasteiger partial charge on any atom is 0.266 e. The van der Waals surface area contributed by atoms with Crippen molar-refractivity contribution in [1.29, 1.82) is 5.26 Å². The molecule has 0 aliphatic heterocycles. The second-order valence-electron chi connectivity index (χ2n) is 7.82. The minimum absolute atomic E-state index is 0.0178. The number of nitrogens with one attached hydrogen (secondary N) is 1. The van der Waals surface area contributed by atoms with Crippen LogP contribution < -0.4 is 5.32 Å². The van der Waals surface area contributed by atoms with E-state index in [4.69, 9.17) is 23.2 Å². The summed E-state index contributed by atoms with van der Waals surface area (Å²) in [6.45, 7) is 4.53. The quantitative estimate of drug-likeness (QED) is 0.247. The van der Waals surface area contributed by atoms with Crippen molar-refractivity contribution in [2.75, 3.05) is 5.32 Å². The van der Waals surface area contributed by atoms with Crippen molar-refractivity contribution >= 4 is 51.8 Å². The second-order valence-corrected chi connectivity index (χ2v) is 8.66. The Morgan fingerprint density at radius 3 is 2.48 bits per heavy atom. The van der Waals surface area contributed by atoms with Crippen LogP contribution in [0.2, 0.25) is 10.0 Å². The number of benzene rings is 3. The summed E-state index contributed by atoms with van der Waals surface area (Å²) in [5.74, 6) is -0.480. The molecule has 0 spiro atoms. The third-order valence-corrected chi connectivity index (χ3v) is 6.28.